The van der Waals surface area contributed by atoms with Crippen LogP contribution in [0.15, 0.2) is 24.3 Å². The van der Waals surface area contributed by atoms with Crippen molar-refractivity contribution in [2.45, 2.75) is 13.1 Å². The molecule has 2 N–H and O–H groups in total. The minimum Gasteiger partial charge on any atom is -0.478 e. The summed E-state index contributed by atoms with van der Waals surface area (Å²) in [4.78, 5) is 22.6. The summed E-state index contributed by atoms with van der Waals surface area (Å²) in [7, 11) is -0.870. The molecular weight excluding hydrogens is 222 g/mol. The van der Waals surface area contributed by atoms with Crippen molar-refractivity contribution in [3.05, 3.63) is 35.4 Å². The van der Waals surface area contributed by atoms with E-state index >= 15 is 0 Å². The van der Waals surface area contributed by atoms with E-state index in [1.807, 2.05) is 0 Å². The summed E-state index contributed by atoms with van der Waals surface area (Å²) in [5, 5.41) is 11.7. The number of carbonyl (C=O) groups is 2. The molecule has 1 amide bonds. The number of hydrogen-bond donors (Lipinski definition) is 2. The molecule has 0 aliphatic rings. The van der Waals surface area contributed by atoms with Crippen molar-refractivity contribution in [3.63, 3.8) is 0 Å². The number of nitrogens with one attached hydrogen (secondary N) is 1. The highest BCUT2D eigenvalue weighted by atomic mass is 28.3. The second-order valence-electron chi connectivity index (χ2n) is 3.95. The van der Waals surface area contributed by atoms with Crippen LogP contribution in [0.2, 0.25) is 13.1 Å². The third-order valence-electron chi connectivity index (χ3n) is 2.07. The lowest BCUT2D eigenvalue weighted by atomic mass is 10.1. The molecule has 0 unspecified atom stereocenters. The Morgan fingerprint density at radius 1 is 1.25 bits per heavy atom. The summed E-state index contributed by atoms with van der Waals surface area (Å²) in [5.41, 5.74) is 0.273. The van der Waals surface area contributed by atoms with Gasteiger partial charge in [0.15, 0.2) is 0 Å². The molecule has 0 aromatic heterocycles. The van der Waals surface area contributed by atoms with Crippen LogP contribution in [0, 0.1) is 0 Å². The normalized spacial score (nSPS) is 10.2. The van der Waals surface area contributed by atoms with Gasteiger partial charge in [-0.25, -0.2) is 4.79 Å². The Morgan fingerprint density at radius 3 is 2.31 bits per heavy atom. The number of carbonyl (C=O) groups excluding carboxylic acids is 1. The minimum atomic E-state index is -1.08. The third kappa shape index (κ3) is 3.20. The molecule has 16 heavy (non-hydrogen) atoms. The number of rotatable bonds is 4. The quantitative estimate of drug-likeness (QED) is 0.772. The van der Waals surface area contributed by atoms with E-state index in [2.05, 4.69) is 18.4 Å². The minimum absolute atomic E-state index is 0.0467. The van der Waals surface area contributed by atoms with Gasteiger partial charge in [-0.3, -0.25) is 4.79 Å². The highest BCUT2D eigenvalue weighted by molar-refractivity contribution is 6.56. The molecule has 4 nitrogen and oxygen atoms in total. The molecule has 0 fully saturated rings. The number of benzene rings is 1. The lowest BCUT2D eigenvalue weighted by Crippen LogP contribution is -2.32. The number of aromatic carboxylic acids is 1. The summed E-state index contributed by atoms with van der Waals surface area (Å²) < 4.78 is 0. The first kappa shape index (κ1) is 12.4. The van der Waals surface area contributed by atoms with Gasteiger partial charge >= 0.3 is 5.97 Å². The van der Waals surface area contributed by atoms with E-state index in [-0.39, 0.29) is 17.0 Å². The Hall–Kier alpha value is -1.62. The van der Waals surface area contributed by atoms with Gasteiger partial charge in [0.05, 0.1) is 19.9 Å². The van der Waals surface area contributed by atoms with E-state index in [9.17, 15) is 9.59 Å². The second-order valence-corrected chi connectivity index (χ2v) is 7.15. The van der Waals surface area contributed by atoms with Gasteiger partial charge in [0.1, 0.15) is 0 Å². The summed E-state index contributed by atoms with van der Waals surface area (Å²) in [6.45, 7) is 4.23. The number of carboxylic acid groups (broad SMARTS) is 1. The summed E-state index contributed by atoms with van der Waals surface area (Å²) >= 11 is 0. The second kappa shape index (κ2) is 5.46. The molecule has 0 bridgehead atoms. The van der Waals surface area contributed by atoms with E-state index in [1.165, 1.54) is 12.1 Å². The van der Waals surface area contributed by atoms with Gasteiger partial charge in [-0.05, 0) is 12.1 Å². The van der Waals surface area contributed by atoms with Crippen molar-refractivity contribution >= 4 is 20.7 Å². The molecule has 86 valence electrons. The van der Waals surface area contributed by atoms with Crippen molar-refractivity contribution in [1.82, 2.24) is 5.32 Å². The Bertz CT molecular complexity index is 404. The number of hydrogen-bond acceptors (Lipinski definition) is 2. The van der Waals surface area contributed by atoms with Crippen LogP contribution in [-0.2, 0) is 0 Å². The predicted octanol–water partition coefficient (Wildman–Crippen LogP) is 1.14. The van der Waals surface area contributed by atoms with Crippen LogP contribution in [0.4, 0.5) is 0 Å². The Morgan fingerprint density at radius 2 is 1.81 bits per heavy atom. The summed E-state index contributed by atoms with van der Waals surface area (Å²) in [6.07, 6.45) is 0.673. The van der Waals surface area contributed by atoms with Gasteiger partial charge in [-0.1, -0.05) is 25.2 Å². The van der Waals surface area contributed by atoms with Crippen LogP contribution < -0.4 is 5.32 Å². The monoisotopic (exact) mass is 237 g/mol. The van der Waals surface area contributed by atoms with E-state index in [4.69, 9.17) is 5.11 Å². The fourth-order valence-electron chi connectivity index (χ4n) is 1.26. The lowest BCUT2D eigenvalue weighted by molar-refractivity contribution is 0.0691. The average molecular weight is 237 g/mol. The standard InChI is InChI=1S/C11H15NO3Si/c1-16(2)7-12-10(13)8-5-3-4-6-9(8)11(14)15/h3-6,16H,7H2,1-2H3,(H,12,13)(H,14,15). The van der Waals surface area contributed by atoms with Crippen LogP contribution >= 0.6 is 0 Å². The van der Waals surface area contributed by atoms with E-state index in [1.54, 1.807) is 12.1 Å². The molecule has 0 spiro atoms. The van der Waals surface area contributed by atoms with Gasteiger partial charge in [-0.15, -0.1) is 0 Å². The molecular formula is C11H15NO3Si. The van der Waals surface area contributed by atoms with Crippen molar-refractivity contribution in [2.75, 3.05) is 6.17 Å². The first-order valence-corrected chi connectivity index (χ1v) is 8.25. The van der Waals surface area contributed by atoms with E-state index < -0.39 is 14.8 Å². The molecule has 1 aromatic carbocycles. The maximum atomic E-state index is 11.7. The van der Waals surface area contributed by atoms with Gasteiger partial charge in [0, 0.05) is 6.17 Å². The van der Waals surface area contributed by atoms with Gasteiger partial charge in [-0.2, -0.15) is 0 Å². The Kier molecular flexibility index (Phi) is 4.25. The smallest absolute Gasteiger partial charge is 0.336 e. The Labute approximate surface area is 95.9 Å². The zero-order valence-corrected chi connectivity index (χ0v) is 10.5. The van der Waals surface area contributed by atoms with Gasteiger partial charge in [0.2, 0.25) is 0 Å². The maximum Gasteiger partial charge on any atom is 0.336 e. The molecule has 0 atom stereocenters. The molecule has 0 radical (unpaired) electrons. The van der Waals surface area contributed by atoms with E-state index in [0.717, 1.165) is 0 Å². The fourth-order valence-corrected chi connectivity index (χ4v) is 1.85. The molecule has 0 aliphatic heterocycles. The average Bonchev–Trinajstić information content (AvgIpc) is 2.25. The summed E-state index contributed by atoms with van der Waals surface area (Å²) in [6, 6.07) is 6.23. The Balaban J connectivity index is 2.86. The zero-order chi connectivity index (χ0) is 12.1. The number of amides is 1. The number of carboxylic acids is 1. The first-order valence-electron chi connectivity index (χ1n) is 5.13. The van der Waals surface area contributed by atoms with Crippen molar-refractivity contribution in [3.8, 4) is 0 Å². The molecule has 0 aliphatic carbocycles. The largest absolute Gasteiger partial charge is 0.478 e. The molecule has 1 rings (SSSR count). The van der Waals surface area contributed by atoms with Crippen LogP contribution in [0.5, 0.6) is 0 Å². The predicted molar refractivity (Wildman–Crippen MR) is 64.6 cm³/mol. The molecule has 0 heterocycles. The SMILES string of the molecule is C[SiH](C)CNC(=O)c1ccccc1C(=O)O. The van der Waals surface area contributed by atoms with Crippen molar-refractivity contribution < 1.29 is 14.7 Å². The van der Waals surface area contributed by atoms with Gasteiger partial charge < -0.3 is 10.4 Å². The first-order chi connectivity index (χ1) is 7.52. The van der Waals surface area contributed by atoms with Gasteiger partial charge in [0.25, 0.3) is 5.91 Å². The van der Waals surface area contributed by atoms with Crippen LogP contribution in [0.3, 0.4) is 0 Å². The third-order valence-corrected chi connectivity index (χ3v) is 3.09. The van der Waals surface area contributed by atoms with Crippen LogP contribution in [-0.4, -0.2) is 31.9 Å². The van der Waals surface area contributed by atoms with Crippen molar-refractivity contribution in [1.29, 1.82) is 0 Å². The highest BCUT2D eigenvalue weighted by Gasteiger charge is 2.15. The summed E-state index contributed by atoms with van der Waals surface area (Å²) in [5.74, 6) is -1.38. The van der Waals surface area contributed by atoms with Crippen LogP contribution in [0.1, 0.15) is 20.7 Å². The molecule has 0 saturated heterocycles. The van der Waals surface area contributed by atoms with Crippen molar-refractivity contribution in [2.24, 2.45) is 0 Å². The van der Waals surface area contributed by atoms with E-state index in [0.29, 0.717) is 6.17 Å². The molecule has 1 aromatic rings. The molecule has 5 heteroatoms. The fraction of sp³-hybridized carbons (Fsp3) is 0.273. The maximum absolute atomic E-state index is 11.7. The topological polar surface area (TPSA) is 66.4 Å². The molecule has 0 saturated carbocycles. The van der Waals surface area contributed by atoms with Crippen LogP contribution in [0.25, 0.3) is 0 Å². The zero-order valence-electron chi connectivity index (χ0n) is 9.36. The highest BCUT2D eigenvalue weighted by Crippen LogP contribution is 2.08. The lowest BCUT2D eigenvalue weighted by Gasteiger charge is -2.08.